The number of rotatable bonds is 5. The molecule has 2 aliphatic rings. The van der Waals surface area contributed by atoms with E-state index in [2.05, 4.69) is 0 Å². The first-order chi connectivity index (χ1) is 19.1. The number of hydrogen-bond acceptors (Lipinski definition) is 10. The van der Waals surface area contributed by atoms with Gasteiger partial charge >= 0.3 is 23.3 Å². The van der Waals surface area contributed by atoms with Gasteiger partial charge in [0.25, 0.3) is 5.56 Å². The van der Waals surface area contributed by atoms with Crippen molar-refractivity contribution in [2.24, 2.45) is 0 Å². The second-order valence-corrected chi connectivity index (χ2v) is 9.37. The molecular weight excluding hydrogens is 524 g/mol. The highest BCUT2D eigenvalue weighted by Crippen LogP contribution is 2.41. The summed E-state index contributed by atoms with van der Waals surface area (Å²) >= 11 is 0. The van der Waals surface area contributed by atoms with Crippen LogP contribution < -0.4 is 5.56 Å². The number of esters is 2. The molecule has 2 aromatic heterocycles. The van der Waals surface area contributed by atoms with Crippen LogP contribution in [0, 0.1) is 20.2 Å². The van der Waals surface area contributed by atoms with Crippen molar-refractivity contribution < 1.29 is 28.9 Å². The van der Waals surface area contributed by atoms with E-state index < -0.39 is 44.3 Å². The fourth-order valence-electron chi connectivity index (χ4n) is 5.25. The van der Waals surface area contributed by atoms with Crippen molar-refractivity contribution in [3.63, 3.8) is 0 Å². The number of nitro groups is 2. The van der Waals surface area contributed by atoms with E-state index in [1.54, 1.807) is 13.0 Å². The number of benzene rings is 2. The summed E-state index contributed by atoms with van der Waals surface area (Å²) in [5.74, 6) is -2.07. The average molecular weight is 542 g/mol. The summed E-state index contributed by atoms with van der Waals surface area (Å²) in [6.07, 6.45) is -0.124. The third kappa shape index (κ3) is 3.55. The van der Waals surface area contributed by atoms with E-state index in [1.165, 1.54) is 4.57 Å². The number of para-hydroxylation sites is 1. The molecule has 1 atom stereocenters. The van der Waals surface area contributed by atoms with Crippen molar-refractivity contribution in [2.45, 2.75) is 32.1 Å². The average Bonchev–Trinajstić information content (AvgIpc) is 3.30. The van der Waals surface area contributed by atoms with Crippen LogP contribution in [-0.4, -0.2) is 31.3 Å². The molecule has 0 unspecified atom stereocenters. The zero-order valence-corrected chi connectivity index (χ0v) is 20.8. The van der Waals surface area contributed by atoms with E-state index in [0.717, 1.165) is 23.1 Å². The van der Waals surface area contributed by atoms with Gasteiger partial charge in [0.1, 0.15) is 6.61 Å². The van der Waals surface area contributed by atoms with Gasteiger partial charge in [-0.15, -0.1) is 0 Å². The molecule has 6 rings (SSSR count). The van der Waals surface area contributed by atoms with Gasteiger partial charge in [0.2, 0.25) is 5.60 Å². The Morgan fingerprint density at radius 3 is 2.55 bits per heavy atom. The summed E-state index contributed by atoms with van der Waals surface area (Å²) < 4.78 is 12.5. The number of hydrogen-bond donors (Lipinski definition) is 0. The van der Waals surface area contributed by atoms with E-state index in [-0.39, 0.29) is 36.3 Å². The zero-order valence-electron chi connectivity index (χ0n) is 20.8. The zero-order chi connectivity index (χ0) is 28.3. The Kier molecular flexibility index (Phi) is 5.47. The number of fused-ring (bicyclic) bond motifs is 5. The molecule has 40 heavy (non-hydrogen) atoms. The molecule has 0 radical (unpaired) electrons. The van der Waals surface area contributed by atoms with Crippen LogP contribution in [-0.2, 0) is 33.0 Å². The monoisotopic (exact) mass is 542 g/mol. The normalized spacial score (nSPS) is 17.0. The van der Waals surface area contributed by atoms with Gasteiger partial charge in [0.05, 0.1) is 44.4 Å². The molecule has 13 heteroatoms. The molecule has 0 aliphatic carbocycles. The van der Waals surface area contributed by atoms with Crippen LogP contribution in [0.5, 0.6) is 0 Å². The van der Waals surface area contributed by atoms with Crippen molar-refractivity contribution >= 4 is 34.2 Å². The standard InChI is InChI=1S/C27H18N4O9/c1-2-27(40-25(33)15-7-8-20(30(35)36)21(10-15)31(37)38)18-11-22-23-16(9-14-5-3-4-6-19(14)28-23)12-29(22)24(32)17(18)13-39-26(27)34/h3-11H,2,12-13H2,1H3/t27-/m0/s1. The number of carbonyl (C=O) groups is 2. The smallest absolute Gasteiger partial charge is 0.355 e. The Hall–Kier alpha value is -5.46. The van der Waals surface area contributed by atoms with E-state index in [4.69, 9.17) is 14.5 Å². The molecule has 0 N–H and O–H groups in total. The molecule has 2 aliphatic heterocycles. The van der Waals surface area contributed by atoms with Gasteiger partial charge in [-0.1, -0.05) is 25.1 Å². The fraction of sp³-hybridized carbons (Fsp3) is 0.185. The third-order valence-corrected chi connectivity index (χ3v) is 7.26. The largest absolute Gasteiger partial charge is 0.457 e. The molecule has 0 spiro atoms. The lowest BCUT2D eigenvalue weighted by molar-refractivity contribution is -0.422. The van der Waals surface area contributed by atoms with Crippen molar-refractivity contribution in [1.29, 1.82) is 0 Å². The van der Waals surface area contributed by atoms with Crippen molar-refractivity contribution in [3.8, 4) is 11.4 Å². The van der Waals surface area contributed by atoms with Gasteiger partial charge in [-0.25, -0.2) is 14.6 Å². The van der Waals surface area contributed by atoms with Crippen LogP contribution in [0.25, 0.3) is 22.3 Å². The second kappa shape index (κ2) is 8.80. The fourth-order valence-corrected chi connectivity index (χ4v) is 5.25. The lowest BCUT2D eigenvalue weighted by Gasteiger charge is -2.35. The molecule has 0 saturated heterocycles. The van der Waals surface area contributed by atoms with E-state index >= 15 is 0 Å². The number of cyclic esters (lactones) is 1. The van der Waals surface area contributed by atoms with Crippen LogP contribution in [0.2, 0.25) is 0 Å². The van der Waals surface area contributed by atoms with Crippen molar-refractivity contribution in [1.82, 2.24) is 9.55 Å². The Labute approximate surface area is 223 Å². The van der Waals surface area contributed by atoms with Gasteiger partial charge in [-0.3, -0.25) is 25.0 Å². The predicted molar refractivity (Wildman–Crippen MR) is 137 cm³/mol. The van der Waals surface area contributed by atoms with E-state index in [0.29, 0.717) is 23.0 Å². The quantitative estimate of drug-likeness (QED) is 0.181. The SMILES string of the molecule is CC[C@@]1(OC(=O)c2ccc([N+](=O)[O-])c([N+](=O)[O-])c2)C(=O)OCc2c1cc1n(c2=O)Cc2cc3ccccc3nc2-1. The van der Waals surface area contributed by atoms with E-state index in [9.17, 15) is 34.6 Å². The Bertz CT molecular complexity index is 1880. The molecule has 0 saturated carbocycles. The first kappa shape index (κ1) is 24.9. The number of aromatic nitrogens is 2. The molecule has 4 aromatic rings. The lowest BCUT2D eigenvalue weighted by Crippen LogP contribution is -2.47. The highest BCUT2D eigenvalue weighted by molar-refractivity contribution is 5.95. The third-order valence-electron chi connectivity index (χ3n) is 7.26. The first-order valence-corrected chi connectivity index (χ1v) is 12.1. The van der Waals surface area contributed by atoms with Crippen LogP contribution in [0.3, 0.4) is 0 Å². The second-order valence-electron chi connectivity index (χ2n) is 9.37. The van der Waals surface area contributed by atoms with Gasteiger partial charge in [-0.2, -0.15) is 0 Å². The molecule has 200 valence electrons. The van der Waals surface area contributed by atoms with Crippen LogP contribution in [0.4, 0.5) is 11.4 Å². The maximum atomic E-state index is 13.6. The summed E-state index contributed by atoms with van der Waals surface area (Å²) in [5.41, 5.74) is -1.80. The van der Waals surface area contributed by atoms with Crippen molar-refractivity contribution in [3.05, 3.63) is 107 Å². The lowest BCUT2D eigenvalue weighted by atomic mass is 9.85. The topological polar surface area (TPSA) is 174 Å². The number of carbonyl (C=O) groups excluding carboxylic acids is 2. The Balaban J connectivity index is 1.48. The van der Waals surface area contributed by atoms with Gasteiger partial charge in [0.15, 0.2) is 0 Å². The van der Waals surface area contributed by atoms with Crippen LogP contribution in [0.15, 0.2) is 59.4 Å². The summed E-state index contributed by atoms with van der Waals surface area (Å²) in [6, 6.07) is 13.5. The van der Waals surface area contributed by atoms with Crippen LogP contribution >= 0.6 is 0 Å². The molecule has 13 nitrogen and oxygen atoms in total. The molecule has 0 bridgehead atoms. The highest BCUT2D eigenvalue weighted by Gasteiger charge is 2.50. The molecule has 0 amide bonds. The summed E-state index contributed by atoms with van der Waals surface area (Å²) in [4.78, 5) is 65.4. The highest BCUT2D eigenvalue weighted by atomic mass is 16.6. The number of pyridine rings is 2. The minimum absolute atomic E-state index is 0.124. The van der Waals surface area contributed by atoms with Crippen molar-refractivity contribution in [2.75, 3.05) is 0 Å². The van der Waals surface area contributed by atoms with Crippen LogP contribution in [0.1, 0.15) is 40.4 Å². The van der Waals surface area contributed by atoms with E-state index in [1.807, 2.05) is 30.3 Å². The minimum Gasteiger partial charge on any atom is -0.457 e. The summed E-state index contributed by atoms with van der Waals surface area (Å²) in [7, 11) is 0. The minimum atomic E-state index is -2.05. The van der Waals surface area contributed by atoms with Gasteiger partial charge < -0.3 is 14.0 Å². The van der Waals surface area contributed by atoms with Gasteiger partial charge in [0, 0.05) is 28.6 Å². The first-order valence-electron chi connectivity index (χ1n) is 12.1. The molecule has 0 fully saturated rings. The number of ether oxygens (including phenoxy) is 2. The Morgan fingerprint density at radius 2 is 1.82 bits per heavy atom. The molecule has 2 aromatic carbocycles. The number of nitro benzene ring substituents is 2. The van der Waals surface area contributed by atoms with Gasteiger partial charge in [-0.05, 0) is 30.7 Å². The maximum absolute atomic E-state index is 13.6. The Morgan fingerprint density at radius 1 is 1.07 bits per heavy atom. The predicted octanol–water partition coefficient (Wildman–Crippen LogP) is 3.76. The maximum Gasteiger partial charge on any atom is 0.355 e. The molecular formula is C27H18N4O9. The summed E-state index contributed by atoms with van der Waals surface area (Å²) in [6.45, 7) is 1.49. The number of nitrogens with zero attached hydrogens (tertiary/aromatic N) is 4. The molecule has 4 heterocycles. The summed E-state index contributed by atoms with van der Waals surface area (Å²) in [5, 5.41) is 23.5.